The van der Waals surface area contributed by atoms with Crippen LogP contribution in [-0.2, 0) is 0 Å². The molecule has 2 rings (SSSR count). The lowest BCUT2D eigenvalue weighted by Crippen LogP contribution is -2.25. The first-order valence-corrected chi connectivity index (χ1v) is 4.90. The Morgan fingerprint density at radius 3 is 3.07 bits per heavy atom. The third kappa shape index (κ3) is 1.92. The average Bonchev–Trinajstić information content (AvgIpc) is 2.65. The lowest BCUT2D eigenvalue weighted by Gasteiger charge is -2.20. The highest BCUT2D eigenvalue weighted by molar-refractivity contribution is 6.00. The molecule has 0 radical (unpaired) electrons. The van der Waals surface area contributed by atoms with Gasteiger partial charge in [0.05, 0.1) is 18.0 Å². The number of amidine groups is 1. The lowest BCUT2D eigenvalue weighted by atomic mass is 10.2. The number of nitrogens with two attached hydrogens (primary N) is 1. The highest BCUT2D eigenvalue weighted by Gasteiger charge is 2.22. The van der Waals surface area contributed by atoms with Crippen molar-refractivity contribution in [1.82, 2.24) is 4.98 Å². The van der Waals surface area contributed by atoms with E-state index in [1.165, 1.54) is 0 Å². The fourth-order valence-electron chi connectivity index (χ4n) is 1.83. The molecule has 1 aromatic heterocycles. The first-order chi connectivity index (χ1) is 7.18. The summed E-state index contributed by atoms with van der Waals surface area (Å²) in [7, 11) is 0. The molecule has 0 bridgehead atoms. The van der Waals surface area contributed by atoms with Gasteiger partial charge in [-0.1, -0.05) is 0 Å². The molecule has 1 aliphatic heterocycles. The minimum Gasteiger partial charge on any atom is -0.391 e. The van der Waals surface area contributed by atoms with Crippen LogP contribution in [0.25, 0.3) is 0 Å². The van der Waals surface area contributed by atoms with Gasteiger partial charge in [0.15, 0.2) is 0 Å². The average molecular weight is 206 g/mol. The maximum atomic E-state index is 9.44. The van der Waals surface area contributed by atoms with Crippen molar-refractivity contribution < 1.29 is 5.11 Å². The van der Waals surface area contributed by atoms with Gasteiger partial charge in [-0.15, -0.1) is 0 Å². The smallest absolute Gasteiger partial charge is 0.125 e. The standard InChI is InChI=1S/C10H14N4O/c11-10(12)8-1-3-13-5-9(8)14-4-2-7(15)6-14/h1,3,5,7,15H,2,4,6H2,(H3,11,12). The number of β-amino-alcohol motifs (C(OH)–C–C–N with tert-alkyl or cyclic N) is 1. The van der Waals surface area contributed by atoms with E-state index in [1.807, 2.05) is 4.90 Å². The van der Waals surface area contributed by atoms with Crippen LogP contribution in [0.5, 0.6) is 0 Å². The Balaban J connectivity index is 2.31. The van der Waals surface area contributed by atoms with Crippen molar-refractivity contribution in [3.63, 3.8) is 0 Å². The second kappa shape index (κ2) is 3.86. The zero-order valence-corrected chi connectivity index (χ0v) is 8.35. The molecule has 0 amide bonds. The quantitative estimate of drug-likeness (QED) is 0.467. The van der Waals surface area contributed by atoms with Crippen molar-refractivity contribution in [2.75, 3.05) is 18.0 Å². The highest BCUT2D eigenvalue weighted by Crippen LogP contribution is 2.23. The fourth-order valence-corrected chi connectivity index (χ4v) is 1.83. The molecule has 0 aliphatic carbocycles. The van der Waals surface area contributed by atoms with Crippen LogP contribution in [0.3, 0.4) is 0 Å². The van der Waals surface area contributed by atoms with E-state index in [9.17, 15) is 5.11 Å². The molecule has 1 atom stereocenters. The maximum Gasteiger partial charge on any atom is 0.125 e. The summed E-state index contributed by atoms with van der Waals surface area (Å²) in [5.74, 6) is 0.0359. The summed E-state index contributed by atoms with van der Waals surface area (Å²) in [4.78, 5) is 6.03. The van der Waals surface area contributed by atoms with E-state index in [0.29, 0.717) is 12.1 Å². The number of aromatic nitrogens is 1. The molecule has 5 heteroatoms. The van der Waals surface area contributed by atoms with Crippen molar-refractivity contribution in [2.24, 2.45) is 5.73 Å². The Morgan fingerprint density at radius 2 is 2.47 bits per heavy atom. The molecule has 1 fully saturated rings. The molecule has 5 nitrogen and oxygen atoms in total. The minimum atomic E-state index is -0.287. The van der Waals surface area contributed by atoms with Gasteiger partial charge in [0, 0.05) is 24.8 Å². The summed E-state index contributed by atoms with van der Waals surface area (Å²) in [6, 6.07) is 1.72. The van der Waals surface area contributed by atoms with Gasteiger partial charge in [-0.2, -0.15) is 0 Å². The predicted octanol–water partition coefficient (Wildman–Crippen LogP) is -0.0633. The van der Waals surface area contributed by atoms with Crippen molar-refractivity contribution in [2.45, 2.75) is 12.5 Å². The van der Waals surface area contributed by atoms with Crippen LogP contribution in [0.2, 0.25) is 0 Å². The minimum absolute atomic E-state index is 0.0359. The van der Waals surface area contributed by atoms with E-state index in [-0.39, 0.29) is 11.9 Å². The summed E-state index contributed by atoms with van der Waals surface area (Å²) in [5, 5.41) is 16.9. The zero-order chi connectivity index (χ0) is 10.8. The van der Waals surface area contributed by atoms with Gasteiger partial charge >= 0.3 is 0 Å². The van der Waals surface area contributed by atoms with E-state index in [4.69, 9.17) is 11.1 Å². The highest BCUT2D eigenvalue weighted by atomic mass is 16.3. The number of anilines is 1. The summed E-state index contributed by atoms with van der Waals surface area (Å²) in [6.07, 6.45) is 3.78. The Kier molecular flexibility index (Phi) is 2.55. The second-order valence-corrected chi connectivity index (χ2v) is 3.70. The summed E-state index contributed by atoms with van der Waals surface area (Å²) < 4.78 is 0. The number of nitrogens with one attached hydrogen (secondary N) is 1. The summed E-state index contributed by atoms with van der Waals surface area (Å²) in [6.45, 7) is 1.37. The van der Waals surface area contributed by atoms with Gasteiger partial charge in [0.2, 0.25) is 0 Å². The molecule has 1 aromatic rings. The molecule has 15 heavy (non-hydrogen) atoms. The fraction of sp³-hybridized carbons (Fsp3) is 0.400. The van der Waals surface area contributed by atoms with Crippen LogP contribution < -0.4 is 10.6 Å². The number of nitrogen functional groups attached to an aromatic ring is 1. The third-order valence-corrected chi connectivity index (χ3v) is 2.59. The van der Waals surface area contributed by atoms with Crippen molar-refractivity contribution in [3.05, 3.63) is 24.0 Å². The topological polar surface area (TPSA) is 86.2 Å². The van der Waals surface area contributed by atoms with Crippen LogP contribution >= 0.6 is 0 Å². The molecule has 0 saturated carbocycles. The second-order valence-electron chi connectivity index (χ2n) is 3.70. The van der Waals surface area contributed by atoms with Crippen LogP contribution in [0, 0.1) is 5.41 Å². The zero-order valence-electron chi connectivity index (χ0n) is 8.35. The summed E-state index contributed by atoms with van der Waals surface area (Å²) >= 11 is 0. The Bertz CT molecular complexity index is 379. The largest absolute Gasteiger partial charge is 0.391 e. The molecule has 2 heterocycles. The van der Waals surface area contributed by atoms with Crippen LogP contribution in [-0.4, -0.2) is 35.1 Å². The number of hydrogen-bond acceptors (Lipinski definition) is 4. The van der Waals surface area contributed by atoms with Gasteiger partial charge in [-0.05, 0) is 12.5 Å². The molecule has 1 unspecified atom stereocenters. The van der Waals surface area contributed by atoms with Gasteiger partial charge in [0.1, 0.15) is 5.84 Å². The van der Waals surface area contributed by atoms with Gasteiger partial charge in [-0.3, -0.25) is 10.4 Å². The van der Waals surface area contributed by atoms with Crippen LogP contribution in [0.15, 0.2) is 18.5 Å². The first-order valence-electron chi connectivity index (χ1n) is 4.90. The van der Waals surface area contributed by atoms with E-state index in [1.54, 1.807) is 18.5 Å². The maximum absolute atomic E-state index is 9.44. The Hall–Kier alpha value is -1.62. The van der Waals surface area contributed by atoms with E-state index >= 15 is 0 Å². The molecule has 1 aliphatic rings. The SMILES string of the molecule is N=C(N)c1ccncc1N1CCC(O)C1. The van der Waals surface area contributed by atoms with Crippen LogP contribution in [0.4, 0.5) is 5.69 Å². The first kappa shape index (κ1) is 9.92. The number of nitrogens with zero attached hydrogens (tertiary/aromatic N) is 2. The monoisotopic (exact) mass is 206 g/mol. The van der Waals surface area contributed by atoms with Gasteiger partial charge < -0.3 is 15.7 Å². The lowest BCUT2D eigenvalue weighted by molar-refractivity contribution is 0.198. The van der Waals surface area contributed by atoms with Crippen molar-refractivity contribution in [1.29, 1.82) is 5.41 Å². The molecule has 0 aromatic carbocycles. The van der Waals surface area contributed by atoms with Crippen LogP contribution in [0.1, 0.15) is 12.0 Å². The van der Waals surface area contributed by atoms with Gasteiger partial charge in [0.25, 0.3) is 0 Å². The molecular formula is C10H14N4O. The van der Waals surface area contributed by atoms with Gasteiger partial charge in [-0.25, -0.2) is 0 Å². The molecule has 0 spiro atoms. The van der Waals surface area contributed by atoms with E-state index < -0.39 is 0 Å². The Labute approximate surface area is 88.0 Å². The molecule has 1 saturated heterocycles. The number of hydrogen-bond donors (Lipinski definition) is 3. The summed E-state index contributed by atoms with van der Waals surface area (Å²) in [5.41, 5.74) is 7.00. The number of pyridine rings is 1. The third-order valence-electron chi connectivity index (χ3n) is 2.59. The molecule has 4 N–H and O–H groups in total. The number of aliphatic hydroxyl groups is 1. The normalized spacial score (nSPS) is 20.6. The number of aliphatic hydroxyl groups excluding tert-OH is 1. The van der Waals surface area contributed by atoms with Crippen molar-refractivity contribution in [3.8, 4) is 0 Å². The molecule has 80 valence electrons. The molecular weight excluding hydrogens is 192 g/mol. The van der Waals surface area contributed by atoms with Crippen molar-refractivity contribution >= 4 is 11.5 Å². The van der Waals surface area contributed by atoms with E-state index in [2.05, 4.69) is 4.98 Å². The predicted molar refractivity (Wildman–Crippen MR) is 58.1 cm³/mol. The Morgan fingerprint density at radius 1 is 1.67 bits per heavy atom. The van der Waals surface area contributed by atoms with E-state index in [0.717, 1.165) is 18.7 Å². The number of rotatable bonds is 2.